The van der Waals surface area contributed by atoms with Gasteiger partial charge in [0, 0.05) is 49.8 Å². The van der Waals surface area contributed by atoms with Crippen LogP contribution in [0.2, 0.25) is 0 Å². The van der Waals surface area contributed by atoms with Crippen molar-refractivity contribution >= 4 is 5.96 Å². The lowest BCUT2D eigenvalue weighted by molar-refractivity contribution is 0.317. The van der Waals surface area contributed by atoms with Gasteiger partial charge in [-0.3, -0.25) is 5.32 Å². The second kappa shape index (κ2) is 5.24. The lowest BCUT2D eigenvalue weighted by Gasteiger charge is -2.34. The molecule has 0 radical (unpaired) electrons. The van der Waals surface area contributed by atoms with Gasteiger partial charge in [-0.05, 0) is 6.07 Å². The molecule has 0 spiro atoms. The molecule has 0 aromatic heterocycles. The van der Waals surface area contributed by atoms with Gasteiger partial charge in [0.05, 0.1) is 6.54 Å². The van der Waals surface area contributed by atoms with Crippen LogP contribution in [-0.2, 0) is 6.42 Å². The van der Waals surface area contributed by atoms with E-state index in [1.165, 1.54) is 6.07 Å². The summed E-state index contributed by atoms with van der Waals surface area (Å²) >= 11 is 0. The molecule has 3 heterocycles. The van der Waals surface area contributed by atoms with Crippen molar-refractivity contribution in [2.24, 2.45) is 4.99 Å². The van der Waals surface area contributed by atoms with Gasteiger partial charge >= 0.3 is 0 Å². The zero-order valence-electron chi connectivity index (χ0n) is 12.0. The number of halogens is 2. The van der Waals surface area contributed by atoms with Crippen LogP contribution >= 0.6 is 0 Å². The lowest BCUT2D eigenvalue weighted by Crippen LogP contribution is -2.52. The summed E-state index contributed by atoms with van der Waals surface area (Å²) in [7, 11) is 0. The molecule has 22 heavy (non-hydrogen) atoms. The molecule has 2 N–H and O–H groups in total. The van der Waals surface area contributed by atoms with Crippen molar-refractivity contribution in [1.82, 2.24) is 15.5 Å². The van der Waals surface area contributed by atoms with E-state index in [1.807, 2.05) is 0 Å². The number of guanidine groups is 1. The fourth-order valence-electron chi connectivity index (χ4n) is 2.95. The smallest absolute Gasteiger partial charge is 0.201 e. The highest BCUT2D eigenvalue weighted by atomic mass is 19.1. The summed E-state index contributed by atoms with van der Waals surface area (Å²) in [6.07, 6.45) is 0.449. The van der Waals surface area contributed by atoms with E-state index in [9.17, 15) is 8.78 Å². The molecule has 4 rings (SSSR count). The molecule has 7 heteroatoms. The zero-order valence-corrected chi connectivity index (χ0v) is 12.0. The van der Waals surface area contributed by atoms with Gasteiger partial charge in [0.15, 0.2) is 11.6 Å². The molecular weight excluding hydrogens is 290 g/mol. The Morgan fingerprint density at radius 1 is 1.18 bits per heavy atom. The van der Waals surface area contributed by atoms with E-state index < -0.39 is 11.6 Å². The SMILES string of the molecule is Fc1cc(F)c2c(c1)CC1=C(NC(N3CCNCC3)=NC1)O2. The fraction of sp³-hybridized carbons (Fsp3) is 0.400. The topological polar surface area (TPSA) is 48.9 Å². The van der Waals surface area contributed by atoms with E-state index in [0.29, 0.717) is 24.4 Å². The summed E-state index contributed by atoms with van der Waals surface area (Å²) in [5, 5.41) is 6.44. The molecule has 1 fully saturated rings. The maximum absolute atomic E-state index is 13.9. The number of nitrogens with zero attached hydrogens (tertiary/aromatic N) is 2. The highest BCUT2D eigenvalue weighted by Crippen LogP contribution is 2.33. The number of piperazine rings is 1. The van der Waals surface area contributed by atoms with Gasteiger partial charge in [-0.25, -0.2) is 13.8 Å². The molecule has 0 saturated carbocycles. The summed E-state index contributed by atoms with van der Waals surface area (Å²) in [5.41, 5.74) is 1.44. The summed E-state index contributed by atoms with van der Waals surface area (Å²) in [6, 6.07) is 2.16. The number of aliphatic imine (C=N–C) groups is 1. The van der Waals surface area contributed by atoms with Gasteiger partial charge in [-0.15, -0.1) is 0 Å². The molecule has 0 amide bonds. The minimum Gasteiger partial charge on any atom is -0.438 e. The Balaban J connectivity index is 1.56. The van der Waals surface area contributed by atoms with E-state index in [0.717, 1.165) is 43.8 Å². The second-order valence-corrected chi connectivity index (χ2v) is 5.59. The minimum absolute atomic E-state index is 0.106. The number of benzene rings is 1. The number of rotatable bonds is 0. The molecule has 1 aromatic carbocycles. The number of hydrogen-bond acceptors (Lipinski definition) is 5. The number of nitrogens with one attached hydrogen (secondary N) is 2. The normalized spacial score (nSPS) is 20.6. The zero-order chi connectivity index (χ0) is 15.1. The lowest BCUT2D eigenvalue weighted by atomic mass is 10.0. The molecular formula is C15H16F2N4O. The molecule has 3 aliphatic rings. The molecule has 0 aliphatic carbocycles. The third kappa shape index (κ3) is 2.31. The predicted molar refractivity (Wildman–Crippen MR) is 77.6 cm³/mol. The summed E-state index contributed by atoms with van der Waals surface area (Å²) in [4.78, 5) is 6.67. The monoisotopic (exact) mass is 306 g/mol. The van der Waals surface area contributed by atoms with Crippen LogP contribution in [-0.4, -0.2) is 43.6 Å². The molecule has 1 aromatic rings. The van der Waals surface area contributed by atoms with Crippen LogP contribution in [0, 0.1) is 11.6 Å². The third-order valence-corrected chi connectivity index (χ3v) is 4.08. The molecule has 0 bridgehead atoms. The van der Waals surface area contributed by atoms with Crippen LogP contribution in [0.25, 0.3) is 0 Å². The molecule has 116 valence electrons. The molecule has 5 nitrogen and oxygen atoms in total. The molecule has 0 unspecified atom stereocenters. The van der Waals surface area contributed by atoms with Crippen LogP contribution in [0.4, 0.5) is 8.78 Å². The van der Waals surface area contributed by atoms with Crippen molar-refractivity contribution in [3.8, 4) is 5.75 Å². The Hall–Kier alpha value is -2.15. The quantitative estimate of drug-likeness (QED) is 0.750. The van der Waals surface area contributed by atoms with E-state index >= 15 is 0 Å². The Morgan fingerprint density at radius 3 is 2.82 bits per heavy atom. The molecule has 1 saturated heterocycles. The second-order valence-electron chi connectivity index (χ2n) is 5.59. The Labute approximate surface area is 126 Å². The van der Waals surface area contributed by atoms with E-state index in [1.54, 1.807) is 0 Å². The summed E-state index contributed by atoms with van der Waals surface area (Å²) < 4.78 is 32.8. The first-order valence-electron chi connectivity index (χ1n) is 7.35. The first-order chi connectivity index (χ1) is 10.7. The van der Waals surface area contributed by atoms with Crippen LogP contribution in [0.15, 0.2) is 28.6 Å². The Kier molecular flexibility index (Phi) is 3.22. The average molecular weight is 306 g/mol. The minimum atomic E-state index is -0.672. The number of hydrogen-bond donors (Lipinski definition) is 2. The van der Waals surface area contributed by atoms with Crippen molar-refractivity contribution in [3.63, 3.8) is 0 Å². The largest absolute Gasteiger partial charge is 0.438 e. The number of ether oxygens (including phenoxy) is 1. The van der Waals surface area contributed by atoms with Crippen LogP contribution in [0.3, 0.4) is 0 Å². The molecule has 0 atom stereocenters. The van der Waals surface area contributed by atoms with Crippen molar-refractivity contribution < 1.29 is 13.5 Å². The predicted octanol–water partition coefficient (Wildman–Crippen LogP) is 0.976. The Morgan fingerprint density at radius 2 is 2.00 bits per heavy atom. The maximum atomic E-state index is 13.9. The van der Waals surface area contributed by atoms with Crippen molar-refractivity contribution in [2.45, 2.75) is 6.42 Å². The Bertz CT molecular complexity index is 680. The van der Waals surface area contributed by atoms with Gasteiger partial charge in [-0.2, -0.15) is 0 Å². The fourth-order valence-corrected chi connectivity index (χ4v) is 2.95. The van der Waals surface area contributed by atoms with Crippen LogP contribution in [0.1, 0.15) is 5.56 Å². The van der Waals surface area contributed by atoms with Gasteiger partial charge in [0.25, 0.3) is 0 Å². The standard InChI is InChI=1S/C15H16F2N4O/c16-11-6-9-5-10-8-19-15(21-3-1-18-2-4-21)20-14(10)22-13(9)12(17)7-11/h6-7,18H,1-5,8H2,(H,19,20). The molecule has 3 aliphatic heterocycles. The highest BCUT2D eigenvalue weighted by molar-refractivity contribution is 5.83. The van der Waals surface area contributed by atoms with E-state index in [2.05, 4.69) is 20.5 Å². The van der Waals surface area contributed by atoms with E-state index in [-0.39, 0.29) is 5.75 Å². The highest BCUT2D eigenvalue weighted by Gasteiger charge is 2.28. The third-order valence-electron chi connectivity index (χ3n) is 4.08. The summed E-state index contributed by atoms with van der Waals surface area (Å²) in [5.74, 6) is 0.134. The van der Waals surface area contributed by atoms with Crippen molar-refractivity contribution in [3.05, 3.63) is 40.8 Å². The van der Waals surface area contributed by atoms with Gasteiger partial charge in [0.2, 0.25) is 11.8 Å². The van der Waals surface area contributed by atoms with Gasteiger partial charge < -0.3 is 15.0 Å². The van der Waals surface area contributed by atoms with Gasteiger partial charge in [-0.1, -0.05) is 0 Å². The van der Waals surface area contributed by atoms with Crippen molar-refractivity contribution in [1.29, 1.82) is 0 Å². The maximum Gasteiger partial charge on any atom is 0.201 e. The van der Waals surface area contributed by atoms with Gasteiger partial charge in [0.1, 0.15) is 5.82 Å². The van der Waals surface area contributed by atoms with Crippen LogP contribution in [0.5, 0.6) is 5.75 Å². The number of fused-ring (bicyclic) bond motifs is 1. The first-order valence-corrected chi connectivity index (χ1v) is 7.35. The van der Waals surface area contributed by atoms with Crippen molar-refractivity contribution in [2.75, 3.05) is 32.7 Å². The van der Waals surface area contributed by atoms with E-state index in [4.69, 9.17) is 4.74 Å². The average Bonchev–Trinajstić information content (AvgIpc) is 2.53. The first kappa shape index (κ1) is 13.5. The van der Waals surface area contributed by atoms with Crippen LogP contribution < -0.4 is 15.4 Å². The summed E-state index contributed by atoms with van der Waals surface area (Å²) in [6.45, 7) is 4.03.